The van der Waals surface area contributed by atoms with Crippen molar-refractivity contribution in [1.82, 2.24) is 0 Å². The molecule has 3 aromatic rings. The SMILES string of the molecule is Cc1cccc(Oc2cccc(N(Cc3cccc(C(F)(F)C(F)(F)F)c3)CC(O)C(F)(F)F)c2)c1. The zero-order valence-corrected chi connectivity index (χ0v) is 18.7. The number of hydrogen-bond acceptors (Lipinski definition) is 3. The highest BCUT2D eigenvalue weighted by Gasteiger charge is 2.58. The molecular weight excluding hydrogens is 498 g/mol. The van der Waals surface area contributed by atoms with Crippen LogP contribution in [0, 0.1) is 6.92 Å². The van der Waals surface area contributed by atoms with Crippen LogP contribution >= 0.6 is 0 Å². The summed E-state index contributed by atoms with van der Waals surface area (Å²) in [5, 5.41) is 9.65. The Labute approximate surface area is 201 Å². The Bertz CT molecular complexity index is 1180. The second kappa shape index (κ2) is 10.3. The third-order valence-corrected chi connectivity index (χ3v) is 5.20. The van der Waals surface area contributed by atoms with E-state index in [0.29, 0.717) is 17.9 Å². The number of aryl methyl sites for hydroxylation is 1. The van der Waals surface area contributed by atoms with Crippen molar-refractivity contribution < 1.29 is 45.0 Å². The molecule has 1 N–H and O–H groups in total. The number of anilines is 1. The average molecular weight is 519 g/mol. The van der Waals surface area contributed by atoms with Crippen LogP contribution in [0.1, 0.15) is 16.7 Å². The second-order valence-electron chi connectivity index (χ2n) is 8.13. The largest absolute Gasteiger partial charge is 0.458 e. The Kier molecular flexibility index (Phi) is 7.82. The molecule has 0 radical (unpaired) electrons. The van der Waals surface area contributed by atoms with Gasteiger partial charge < -0.3 is 14.7 Å². The van der Waals surface area contributed by atoms with E-state index >= 15 is 0 Å². The minimum absolute atomic E-state index is 0.115. The van der Waals surface area contributed by atoms with E-state index in [0.717, 1.165) is 16.5 Å². The highest BCUT2D eigenvalue weighted by molar-refractivity contribution is 5.52. The van der Waals surface area contributed by atoms with Crippen molar-refractivity contribution in [3.05, 3.63) is 89.5 Å². The van der Waals surface area contributed by atoms with E-state index in [1.165, 1.54) is 30.3 Å². The van der Waals surface area contributed by atoms with E-state index < -0.39 is 43.0 Å². The maximum Gasteiger partial charge on any atom is 0.458 e. The van der Waals surface area contributed by atoms with Gasteiger partial charge >= 0.3 is 18.3 Å². The summed E-state index contributed by atoms with van der Waals surface area (Å²) in [4.78, 5) is 1.02. The molecular formula is C25H21F8NO2. The Morgan fingerprint density at radius 3 is 2.03 bits per heavy atom. The third kappa shape index (κ3) is 6.66. The lowest BCUT2D eigenvalue weighted by Gasteiger charge is -2.29. The summed E-state index contributed by atoms with van der Waals surface area (Å²) in [5.74, 6) is -4.46. The first kappa shape index (κ1) is 27.3. The summed E-state index contributed by atoms with van der Waals surface area (Å²) >= 11 is 0. The fourth-order valence-corrected chi connectivity index (χ4v) is 3.38. The maximum absolute atomic E-state index is 13.8. The van der Waals surface area contributed by atoms with Gasteiger partial charge in [0, 0.05) is 23.9 Å². The highest BCUT2D eigenvalue weighted by Crippen LogP contribution is 2.44. The Hall–Kier alpha value is -3.34. The van der Waals surface area contributed by atoms with Gasteiger partial charge in [-0.1, -0.05) is 36.4 Å². The van der Waals surface area contributed by atoms with Gasteiger partial charge in [0.2, 0.25) is 0 Å². The molecule has 0 saturated heterocycles. The number of benzene rings is 3. The number of nitrogens with zero attached hydrogens (tertiary/aromatic N) is 1. The van der Waals surface area contributed by atoms with Gasteiger partial charge in [-0.2, -0.15) is 35.1 Å². The van der Waals surface area contributed by atoms with Crippen LogP contribution in [0.25, 0.3) is 0 Å². The van der Waals surface area contributed by atoms with E-state index in [-0.39, 0.29) is 17.0 Å². The molecule has 3 nitrogen and oxygen atoms in total. The summed E-state index contributed by atoms with van der Waals surface area (Å²) in [6.07, 6.45) is -13.6. The minimum Gasteiger partial charge on any atom is -0.457 e. The summed E-state index contributed by atoms with van der Waals surface area (Å²) in [7, 11) is 0. The smallest absolute Gasteiger partial charge is 0.457 e. The molecule has 11 heteroatoms. The molecule has 0 aliphatic heterocycles. The molecule has 0 amide bonds. The summed E-state index contributed by atoms with van der Waals surface area (Å²) in [5.41, 5.74) is -0.443. The van der Waals surface area contributed by atoms with Crippen LogP contribution in [0.5, 0.6) is 11.5 Å². The molecule has 3 aromatic carbocycles. The summed E-state index contributed by atoms with van der Waals surface area (Å²) in [6, 6.07) is 16.1. The number of hydrogen-bond donors (Lipinski definition) is 1. The van der Waals surface area contributed by atoms with Crippen LogP contribution in [0.3, 0.4) is 0 Å². The average Bonchev–Trinajstić information content (AvgIpc) is 2.77. The molecule has 0 spiro atoms. The van der Waals surface area contributed by atoms with Crippen LogP contribution in [0.2, 0.25) is 0 Å². The lowest BCUT2D eigenvalue weighted by atomic mass is 10.0. The maximum atomic E-state index is 13.8. The molecule has 1 unspecified atom stereocenters. The highest BCUT2D eigenvalue weighted by atomic mass is 19.4. The van der Waals surface area contributed by atoms with Gasteiger partial charge in [-0.3, -0.25) is 0 Å². The number of alkyl halides is 8. The molecule has 0 fully saturated rings. The fourth-order valence-electron chi connectivity index (χ4n) is 3.38. The van der Waals surface area contributed by atoms with Crippen LogP contribution in [-0.2, 0) is 12.5 Å². The molecule has 0 aliphatic carbocycles. The van der Waals surface area contributed by atoms with E-state index in [9.17, 15) is 40.2 Å². The van der Waals surface area contributed by atoms with Crippen molar-refractivity contribution in [2.45, 2.75) is 37.8 Å². The van der Waals surface area contributed by atoms with Gasteiger partial charge in [-0.25, -0.2) is 0 Å². The Morgan fingerprint density at radius 2 is 1.42 bits per heavy atom. The van der Waals surface area contributed by atoms with Crippen molar-refractivity contribution in [3.63, 3.8) is 0 Å². The monoisotopic (exact) mass is 519 g/mol. The summed E-state index contributed by atoms with van der Waals surface area (Å²) in [6.45, 7) is 0.333. The standard InChI is InChI=1S/C25H21F8NO2/c1-16-5-2-9-20(11-16)36-21-10-4-8-19(13-21)34(15-22(35)24(28,29)30)14-17-6-3-7-18(12-17)23(26,27)25(31,32)33/h2-13,22,35H,14-15H2,1H3. The lowest BCUT2D eigenvalue weighted by Crippen LogP contribution is -2.41. The van der Waals surface area contributed by atoms with Crippen molar-refractivity contribution >= 4 is 5.69 Å². The van der Waals surface area contributed by atoms with E-state index in [2.05, 4.69) is 0 Å². The van der Waals surface area contributed by atoms with Crippen LogP contribution in [-0.4, -0.2) is 30.1 Å². The van der Waals surface area contributed by atoms with Gasteiger partial charge in [0.05, 0.1) is 6.54 Å². The van der Waals surface area contributed by atoms with Crippen molar-refractivity contribution in [2.75, 3.05) is 11.4 Å². The number of ether oxygens (including phenoxy) is 1. The summed E-state index contributed by atoms with van der Waals surface area (Å²) < 4.78 is 111. The Balaban J connectivity index is 1.94. The predicted molar refractivity (Wildman–Crippen MR) is 117 cm³/mol. The minimum atomic E-state index is -5.85. The van der Waals surface area contributed by atoms with Gasteiger partial charge in [-0.05, 0) is 48.4 Å². The van der Waals surface area contributed by atoms with Gasteiger partial charge in [0.1, 0.15) is 11.5 Å². The third-order valence-electron chi connectivity index (χ3n) is 5.20. The first-order valence-electron chi connectivity index (χ1n) is 10.5. The molecule has 0 aromatic heterocycles. The van der Waals surface area contributed by atoms with Crippen LogP contribution in [0.4, 0.5) is 40.8 Å². The molecule has 0 bridgehead atoms. The first-order valence-corrected chi connectivity index (χ1v) is 10.5. The fraction of sp³-hybridized carbons (Fsp3) is 0.280. The number of aliphatic hydroxyl groups excluding tert-OH is 1. The lowest BCUT2D eigenvalue weighted by molar-refractivity contribution is -0.289. The first-order chi connectivity index (χ1) is 16.7. The van der Waals surface area contributed by atoms with Crippen molar-refractivity contribution in [3.8, 4) is 11.5 Å². The quantitative estimate of drug-likeness (QED) is 0.316. The molecule has 0 aliphatic rings. The number of rotatable bonds is 8. The van der Waals surface area contributed by atoms with Crippen LogP contribution in [0.15, 0.2) is 72.8 Å². The normalized spacial score (nSPS) is 13.4. The number of aliphatic hydroxyl groups is 1. The van der Waals surface area contributed by atoms with E-state index in [1.54, 1.807) is 18.2 Å². The van der Waals surface area contributed by atoms with E-state index in [1.807, 2.05) is 13.0 Å². The zero-order valence-electron chi connectivity index (χ0n) is 18.7. The van der Waals surface area contributed by atoms with E-state index in [4.69, 9.17) is 4.74 Å². The van der Waals surface area contributed by atoms with Gasteiger partial charge in [0.25, 0.3) is 0 Å². The second-order valence-corrected chi connectivity index (χ2v) is 8.13. The molecule has 0 heterocycles. The molecule has 0 saturated carbocycles. The van der Waals surface area contributed by atoms with Crippen molar-refractivity contribution in [2.24, 2.45) is 0 Å². The van der Waals surface area contributed by atoms with Gasteiger partial charge in [0.15, 0.2) is 6.10 Å². The molecule has 36 heavy (non-hydrogen) atoms. The topological polar surface area (TPSA) is 32.7 Å². The Morgan fingerprint density at radius 1 is 0.806 bits per heavy atom. The predicted octanol–water partition coefficient (Wildman–Crippen LogP) is 7.37. The zero-order chi connectivity index (χ0) is 26.7. The van der Waals surface area contributed by atoms with Crippen molar-refractivity contribution in [1.29, 1.82) is 0 Å². The van der Waals surface area contributed by atoms with Gasteiger partial charge in [-0.15, -0.1) is 0 Å². The number of halogens is 8. The molecule has 194 valence electrons. The molecule has 1 atom stereocenters. The van der Waals surface area contributed by atoms with Crippen LogP contribution < -0.4 is 9.64 Å². The molecule has 3 rings (SSSR count).